The molecular weight excluding hydrogens is 370 g/mol. The molecular formula is C11H14BrNO5S2. The minimum atomic E-state index is -3.74. The summed E-state index contributed by atoms with van der Waals surface area (Å²) in [5.74, 6) is 0.392. The molecule has 20 heavy (non-hydrogen) atoms. The zero-order valence-corrected chi connectivity index (χ0v) is 13.9. The van der Waals surface area contributed by atoms with Crippen LogP contribution in [0, 0.1) is 0 Å². The molecule has 1 fully saturated rings. The highest BCUT2D eigenvalue weighted by atomic mass is 79.9. The van der Waals surface area contributed by atoms with Crippen molar-refractivity contribution in [3.63, 3.8) is 0 Å². The quantitative estimate of drug-likeness (QED) is 0.834. The van der Waals surface area contributed by atoms with Crippen LogP contribution in [0.4, 0.5) is 0 Å². The summed E-state index contributed by atoms with van der Waals surface area (Å²) in [5, 5.41) is 0. The van der Waals surface area contributed by atoms with Crippen LogP contribution in [0.3, 0.4) is 0 Å². The lowest BCUT2D eigenvalue weighted by molar-refractivity contribution is 0.411. The average molecular weight is 384 g/mol. The molecule has 0 spiro atoms. The summed E-state index contributed by atoms with van der Waals surface area (Å²) in [4.78, 5) is 0.0643. The van der Waals surface area contributed by atoms with Gasteiger partial charge in [0, 0.05) is 6.04 Å². The number of rotatable bonds is 4. The molecule has 0 unspecified atom stereocenters. The van der Waals surface area contributed by atoms with Gasteiger partial charge in [-0.25, -0.2) is 21.6 Å². The first-order valence-electron chi connectivity index (χ1n) is 5.80. The molecule has 1 N–H and O–H groups in total. The van der Waals surface area contributed by atoms with Crippen molar-refractivity contribution >= 4 is 35.8 Å². The number of ether oxygens (including phenoxy) is 1. The number of methoxy groups -OCH3 is 1. The van der Waals surface area contributed by atoms with E-state index in [1.54, 1.807) is 0 Å². The fourth-order valence-electron chi connectivity index (χ4n) is 1.99. The van der Waals surface area contributed by atoms with E-state index in [0.29, 0.717) is 16.6 Å². The lowest BCUT2D eigenvalue weighted by atomic mass is 10.3. The maximum atomic E-state index is 12.2. The van der Waals surface area contributed by atoms with Crippen molar-refractivity contribution in [1.82, 2.24) is 4.72 Å². The van der Waals surface area contributed by atoms with Crippen LogP contribution in [0.15, 0.2) is 27.6 Å². The van der Waals surface area contributed by atoms with Crippen molar-refractivity contribution in [1.29, 1.82) is 0 Å². The molecule has 0 aliphatic carbocycles. The second-order valence-corrected chi connectivity index (χ2v) is 9.31. The van der Waals surface area contributed by atoms with Crippen LogP contribution in [-0.2, 0) is 19.9 Å². The number of sulfonamides is 1. The predicted molar refractivity (Wildman–Crippen MR) is 78.1 cm³/mol. The van der Waals surface area contributed by atoms with Gasteiger partial charge in [-0.15, -0.1) is 0 Å². The minimum Gasteiger partial charge on any atom is -0.496 e. The van der Waals surface area contributed by atoms with Gasteiger partial charge in [0.05, 0.1) is 28.0 Å². The van der Waals surface area contributed by atoms with Crippen molar-refractivity contribution in [3.05, 3.63) is 22.7 Å². The first-order valence-corrected chi connectivity index (χ1v) is 9.89. The molecule has 9 heteroatoms. The minimum absolute atomic E-state index is 0.0203. The Kier molecular flexibility index (Phi) is 4.43. The molecule has 1 saturated heterocycles. The molecule has 1 atom stereocenters. The fourth-order valence-corrected chi connectivity index (χ4v) is 5.76. The van der Waals surface area contributed by atoms with Gasteiger partial charge in [-0.1, -0.05) is 0 Å². The smallest absolute Gasteiger partial charge is 0.240 e. The Morgan fingerprint density at radius 3 is 2.60 bits per heavy atom. The van der Waals surface area contributed by atoms with Crippen LogP contribution in [-0.4, -0.2) is 41.5 Å². The van der Waals surface area contributed by atoms with Gasteiger partial charge < -0.3 is 4.74 Å². The zero-order valence-electron chi connectivity index (χ0n) is 10.7. The van der Waals surface area contributed by atoms with Gasteiger partial charge in [0.15, 0.2) is 9.84 Å². The summed E-state index contributed by atoms with van der Waals surface area (Å²) in [5.41, 5.74) is 0. The standard InChI is InChI=1S/C11H14BrNO5S2/c1-18-11-3-2-9(6-10(11)12)20(16,17)13-8-4-5-19(14,15)7-8/h2-3,6,8,13H,4-5,7H2,1H3/t8-/m0/s1. The van der Waals surface area contributed by atoms with Crippen LogP contribution in [0.25, 0.3) is 0 Å². The summed E-state index contributed by atoms with van der Waals surface area (Å²) in [6, 6.07) is 3.80. The van der Waals surface area contributed by atoms with E-state index in [-0.39, 0.29) is 16.4 Å². The van der Waals surface area contributed by atoms with E-state index in [4.69, 9.17) is 4.74 Å². The van der Waals surface area contributed by atoms with Gasteiger partial charge in [0.2, 0.25) is 10.0 Å². The van der Waals surface area contributed by atoms with E-state index in [2.05, 4.69) is 20.7 Å². The third-order valence-corrected chi connectivity index (χ3v) is 6.89. The Morgan fingerprint density at radius 2 is 2.10 bits per heavy atom. The van der Waals surface area contributed by atoms with E-state index in [9.17, 15) is 16.8 Å². The molecule has 6 nitrogen and oxygen atoms in total. The van der Waals surface area contributed by atoms with E-state index in [0.717, 1.165) is 0 Å². The highest BCUT2D eigenvalue weighted by molar-refractivity contribution is 9.10. The van der Waals surface area contributed by atoms with Gasteiger partial charge in [0.1, 0.15) is 5.75 Å². The van der Waals surface area contributed by atoms with Gasteiger partial charge >= 0.3 is 0 Å². The molecule has 0 aromatic heterocycles. The highest BCUT2D eigenvalue weighted by Crippen LogP contribution is 2.27. The lowest BCUT2D eigenvalue weighted by Gasteiger charge is -2.12. The maximum absolute atomic E-state index is 12.2. The van der Waals surface area contributed by atoms with Gasteiger partial charge in [-0.2, -0.15) is 0 Å². The molecule has 0 amide bonds. The highest BCUT2D eigenvalue weighted by Gasteiger charge is 2.31. The molecule has 1 heterocycles. The Hall–Kier alpha value is -0.640. The van der Waals surface area contributed by atoms with Crippen molar-refractivity contribution in [2.75, 3.05) is 18.6 Å². The van der Waals surface area contributed by atoms with E-state index < -0.39 is 25.9 Å². The number of nitrogens with one attached hydrogen (secondary N) is 1. The lowest BCUT2D eigenvalue weighted by Crippen LogP contribution is -2.35. The maximum Gasteiger partial charge on any atom is 0.240 e. The number of sulfone groups is 1. The van der Waals surface area contributed by atoms with Crippen LogP contribution < -0.4 is 9.46 Å². The SMILES string of the molecule is COc1ccc(S(=O)(=O)N[C@H]2CCS(=O)(=O)C2)cc1Br. The Morgan fingerprint density at radius 1 is 1.40 bits per heavy atom. The molecule has 1 aliphatic rings. The van der Waals surface area contributed by atoms with Crippen molar-refractivity contribution in [2.24, 2.45) is 0 Å². The molecule has 0 bridgehead atoms. The zero-order chi connectivity index (χ0) is 15.0. The van der Waals surface area contributed by atoms with Crippen LogP contribution in [0.1, 0.15) is 6.42 Å². The topological polar surface area (TPSA) is 89.5 Å². The molecule has 1 aromatic carbocycles. The Labute approximate surface area is 126 Å². The van der Waals surface area contributed by atoms with Crippen LogP contribution in [0.5, 0.6) is 5.75 Å². The third kappa shape index (κ3) is 3.51. The summed E-state index contributed by atoms with van der Waals surface area (Å²) in [6.07, 6.45) is 0.304. The molecule has 112 valence electrons. The monoisotopic (exact) mass is 383 g/mol. The van der Waals surface area contributed by atoms with Crippen molar-refractivity contribution in [2.45, 2.75) is 17.4 Å². The van der Waals surface area contributed by atoms with Crippen LogP contribution >= 0.6 is 15.9 Å². The number of halogens is 1. The molecule has 0 saturated carbocycles. The Balaban J connectivity index is 2.21. The van der Waals surface area contributed by atoms with Crippen molar-refractivity contribution < 1.29 is 21.6 Å². The fraction of sp³-hybridized carbons (Fsp3) is 0.455. The first kappa shape index (κ1) is 15.7. The first-order chi connectivity index (χ1) is 9.23. The molecule has 1 aliphatic heterocycles. The molecule has 1 aromatic rings. The van der Waals surface area contributed by atoms with Gasteiger partial charge in [-0.3, -0.25) is 0 Å². The summed E-state index contributed by atoms with van der Waals surface area (Å²) in [6.45, 7) is 0. The average Bonchev–Trinajstić information content (AvgIpc) is 2.67. The largest absolute Gasteiger partial charge is 0.496 e. The van der Waals surface area contributed by atoms with Gasteiger partial charge in [0.25, 0.3) is 0 Å². The van der Waals surface area contributed by atoms with E-state index in [1.165, 1.54) is 25.3 Å². The number of benzene rings is 1. The van der Waals surface area contributed by atoms with E-state index in [1.807, 2.05) is 0 Å². The normalized spacial score (nSPS) is 21.8. The van der Waals surface area contributed by atoms with E-state index >= 15 is 0 Å². The summed E-state index contributed by atoms with van der Waals surface area (Å²) < 4.78 is 55.0. The number of hydrogen-bond acceptors (Lipinski definition) is 5. The second-order valence-electron chi connectivity index (χ2n) is 4.52. The summed E-state index contributed by atoms with van der Waals surface area (Å²) in [7, 11) is -5.38. The Bertz CT molecular complexity index is 714. The third-order valence-electron chi connectivity index (χ3n) is 2.99. The van der Waals surface area contributed by atoms with Crippen molar-refractivity contribution in [3.8, 4) is 5.75 Å². The molecule has 0 radical (unpaired) electrons. The summed E-state index contributed by atoms with van der Waals surface area (Å²) >= 11 is 3.22. The molecule has 2 rings (SSSR count). The second kappa shape index (κ2) is 5.63. The van der Waals surface area contributed by atoms with Gasteiger partial charge in [-0.05, 0) is 40.5 Å². The number of hydrogen-bond donors (Lipinski definition) is 1. The predicted octanol–water partition coefficient (Wildman–Crippen LogP) is 0.923. The van der Waals surface area contributed by atoms with Crippen LogP contribution in [0.2, 0.25) is 0 Å².